The number of hydrogen-bond acceptors (Lipinski definition) is 8. The molecule has 0 aliphatic carbocycles. The summed E-state index contributed by atoms with van der Waals surface area (Å²) in [6.07, 6.45) is -0.955. The first-order valence-electron chi connectivity index (χ1n) is 9.18. The Morgan fingerprint density at radius 1 is 0.839 bits per heavy atom. The number of carbonyl (C=O) groups is 1. The van der Waals surface area contributed by atoms with Gasteiger partial charge in [0, 0.05) is 29.2 Å². The van der Waals surface area contributed by atoms with Crippen LogP contribution in [0.15, 0.2) is 42.5 Å². The maximum atomic E-state index is 11.8. The number of carboxylic acid groups (broad SMARTS) is 1. The van der Waals surface area contributed by atoms with Crippen LogP contribution in [0, 0.1) is 0 Å². The molecule has 1 aliphatic rings. The van der Waals surface area contributed by atoms with Gasteiger partial charge in [-0.05, 0) is 42.3 Å². The van der Waals surface area contributed by atoms with Crippen molar-refractivity contribution >= 4 is 5.97 Å². The Morgan fingerprint density at radius 3 is 2.16 bits per heavy atom. The monoisotopic (exact) mass is 426 g/mol. The zero-order valence-corrected chi connectivity index (χ0v) is 15.9. The van der Waals surface area contributed by atoms with Crippen molar-refractivity contribution < 1.29 is 45.3 Å². The van der Waals surface area contributed by atoms with Crippen LogP contribution in [0.5, 0.6) is 40.2 Å². The van der Waals surface area contributed by atoms with E-state index >= 15 is 0 Å². The molecule has 4 rings (SSSR count). The van der Waals surface area contributed by atoms with Gasteiger partial charge < -0.3 is 40.5 Å². The van der Waals surface area contributed by atoms with Gasteiger partial charge in [-0.15, -0.1) is 0 Å². The predicted octanol–water partition coefficient (Wildman–Crippen LogP) is 3.08. The van der Waals surface area contributed by atoms with E-state index in [-0.39, 0.29) is 46.1 Å². The second-order valence-electron chi connectivity index (χ2n) is 7.28. The van der Waals surface area contributed by atoms with E-state index in [2.05, 4.69) is 0 Å². The molecule has 0 fully saturated rings. The summed E-state index contributed by atoms with van der Waals surface area (Å²) in [5.74, 6) is -4.56. The SMILES string of the molecule is O=C(O)c1ccc(O)cc1C1Cc2c(O)cc(O)cc2O[C@@H]1c1cc(O)c(O)c(O)c1. The molecule has 0 spiro atoms. The molecular weight excluding hydrogens is 408 g/mol. The molecule has 7 N–H and O–H groups in total. The van der Waals surface area contributed by atoms with Crippen molar-refractivity contribution in [1.82, 2.24) is 0 Å². The zero-order chi connectivity index (χ0) is 22.4. The minimum absolute atomic E-state index is 0.0538. The Kier molecular flexibility index (Phi) is 4.65. The summed E-state index contributed by atoms with van der Waals surface area (Å²) < 4.78 is 5.97. The first-order valence-corrected chi connectivity index (χ1v) is 9.18. The van der Waals surface area contributed by atoms with Crippen LogP contribution in [0.4, 0.5) is 0 Å². The van der Waals surface area contributed by atoms with Gasteiger partial charge in [0.15, 0.2) is 17.2 Å². The number of phenols is 6. The van der Waals surface area contributed by atoms with Gasteiger partial charge >= 0.3 is 5.97 Å². The molecule has 3 aromatic rings. The highest BCUT2D eigenvalue weighted by atomic mass is 16.5. The van der Waals surface area contributed by atoms with Gasteiger partial charge in [-0.2, -0.15) is 0 Å². The highest BCUT2D eigenvalue weighted by molar-refractivity contribution is 5.90. The maximum Gasteiger partial charge on any atom is 0.335 e. The normalized spacial score (nSPS) is 17.5. The fraction of sp³-hybridized carbons (Fsp3) is 0.136. The number of carboxylic acids is 1. The standard InChI is InChI=1S/C22H18O9/c23-10-1-2-12(22(29)30)13(5-10)14-8-15-16(25)6-11(24)7-19(15)31-21(14)9-3-17(26)20(28)18(27)4-9/h1-7,14,21,23-28H,8H2,(H,29,30)/t14?,21-/m1/s1. The van der Waals surface area contributed by atoms with E-state index in [4.69, 9.17) is 4.74 Å². The fourth-order valence-electron chi connectivity index (χ4n) is 3.89. The van der Waals surface area contributed by atoms with E-state index < -0.39 is 35.2 Å². The molecule has 0 radical (unpaired) electrons. The lowest BCUT2D eigenvalue weighted by atomic mass is 9.79. The molecule has 0 aromatic heterocycles. The molecule has 160 valence electrons. The van der Waals surface area contributed by atoms with E-state index in [1.54, 1.807) is 0 Å². The Balaban J connectivity index is 1.94. The molecule has 2 atom stereocenters. The summed E-state index contributed by atoms with van der Waals surface area (Å²) in [6, 6.07) is 8.45. The quantitative estimate of drug-likeness (QED) is 0.311. The highest BCUT2D eigenvalue weighted by Gasteiger charge is 2.37. The Bertz CT molecular complexity index is 1180. The Morgan fingerprint density at radius 2 is 1.52 bits per heavy atom. The lowest BCUT2D eigenvalue weighted by Crippen LogP contribution is -2.26. The van der Waals surface area contributed by atoms with E-state index in [0.29, 0.717) is 5.56 Å². The van der Waals surface area contributed by atoms with E-state index in [0.717, 1.165) is 18.2 Å². The maximum absolute atomic E-state index is 11.8. The van der Waals surface area contributed by atoms with Crippen LogP contribution in [-0.2, 0) is 6.42 Å². The van der Waals surface area contributed by atoms with Crippen LogP contribution in [0.1, 0.15) is 39.1 Å². The molecule has 0 amide bonds. The van der Waals surface area contributed by atoms with Gasteiger partial charge in [0.2, 0.25) is 0 Å². The van der Waals surface area contributed by atoms with Crippen LogP contribution < -0.4 is 4.74 Å². The second-order valence-corrected chi connectivity index (χ2v) is 7.28. The molecule has 1 aliphatic heterocycles. The van der Waals surface area contributed by atoms with Crippen LogP contribution in [-0.4, -0.2) is 41.7 Å². The van der Waals surface area contributed by atoms with E-state index in [9.17, 15) is 40.5 Å². The van der Waals surface area contributed by atoms with Crippen molar-refractivity contribution in [3.05, 3.63) is 64.7 Å². The van der Waals surface area contributed by atoms with Crippen molar-refractivity contribution in [2.45, 2.75) is 18.4 Å². The lowest BCUT2D eigenvalue weighted by molar-refractivity contribution is 0.0692. The molecule has 9 nitrogen and oxygen atoms in total. The summed E-state index contributed by atoms with van der Waals surface area (Å²) in [6.45, 7) is 0. The first kappa shape index (κ1) is 20.0. The number of benzene rings is 3. The number of ether oxygens (including phenoxy) is 1. The average molecular weight is 426 g/mol. The minimum atomic E-state index is -1.24. The molecule has 0 saturated carbocycles. The molecule has 0 saturated heterocycles. The molecule has 1 unspecified atom stereocenters. The average Bonchev–Trinajstić information content (AvgIpc) is 2.70. The fourth-order valence-corrected chi connectivity index (χ4v) is 3.89. The Hall–Kier alpha value is -4.27. The van der Waals surface area contributed by atoms with Gasteiger partial charge in [0.1, 0.15) is 29.1 Å². The topological polar surface area (TPSA) is 168 Å². The van der Waals surface area contributed by atoms with Crippen molar-refractivity contribution in [3.8, 4) is 40.2 Å². The summed E-state index contributed by atoms with van der Waals surface area (Å²) >= 11 is 0. The first-order chi connectivity index (χ1) is 14.7. The van der Waals surface area contributed by atoms with Gasteiger partial charge in [0.05, 0.1) is 5.56 Å². The van der Waals surface area contributed by atoms with Crippen molar-refractivity contribution in [1.29, 1.82) is 0 Å². The van der Waals surface area contributed by atoms with Gasteiger partial charge in [-0.3, -0.25) is 0 Å². The van der Waals surface area contributed by atoms with E-state index in [1.807, 2.05) is 0 Å². The molecule has 9 heteroatoms. The van der Waals surface area contributed by atoms with Gasteiger partial charge in [0.25, 0.3) is 0 Å². The number of aromatic carboxylic acids is 1. The molecular formula is C22H18O9. The largest absolute Gasteiger partial charge is 0.508 e. The van der Waals surface area contributed by atoms with Gasteiger partial charge in [-0.1, -0.05) is 0 Å². The minimum Gasteiger partial charge on any atom is -0.508 e. The number of fused-ring (bicyclic) bond motifs is 1. The van der Waals surface area contributed by atoms with Gasteiger partial charge in [-0.25, -0.2) is 4.79 Å². The Labute approximate surface area is 175 Å². The summed E-state index contributed by atoms with van der Waals surface area (Å²) in [4.78, 5) is 11.8. The third kappa shape index (κ3) is 3.46. The van der Waals surface area contributed by atoms with Crippen molar-refractivity contribution in [3.63, 3.8) is 0 Å². The number of rotatable bonds is 3. The van der Waals surface area contributed by atoms with Crippen LogP contribution >= 0.6 is 0 Å². The number of phenolic OH excluding ortho intramolecular Hbond substituents is 6. The van der Waals surface area contributed by atoms with E-state index in [1.165, 1.54) is 24.3 Å². The zero-order valence-electron chi connectivity index (χ0n) is 15.9. The molecule has 1 heterocycles. The predicted molar refractivity (Wildman–Crippen MR) is 106 cm³/mol. The summed E-state index contributed by atoms with van der Waals surface area (Å²) in [5, 5.41) is 69.3. The highest BCUT2D eigenvalue weighted by Crippen LogP contribution is 2.50. The summed E-state index contributed by atoms with van der Waals surface area (Å²) in [5.41, 5.74) is 0.602. The smallest absolute Gasteiger partial charge is 0.335 e. The third-order valence-electron chi connectivity index (χ3n) is 5.30. The molecule has 31 heavy (non-hydrogen) atoms. The third-order valence-corrected chi connectivity index (χ3v) is 5.30. The van der Waals surface area contributed by atoms with Crippen molar-refractivity contribution in [2.75, 3.05) is 0 Å². The number of aromatic hydroxyl groups is 6. The molecule has 3 aromatic carbocycles. The van der Waals surface area contributed by atoms with Crippen LogP contribution in [0.3, 0.4) is 0 Å². The van der Waals surface area contributed by atoms with Crippen LogP contribution in [0.25, 0.3) is 0 Å². The molecule has 0 bridgehead atoms. The lowest BCUT2D eigenvalue weighted by Gasteiger charge is -2.35. The second kappa shape index (κ2) is 7.21. The summed E-state index contributed by atoms with van der Waals surface area (Å²) in [7, 11) is 0. The van der Waals surface area contributed by atoms with Crippen molar-refractivity contribution in [2.24, 2.45) is 0 Å². The number of hydrogen-bond donors (Lipinski definition) is 7. The van der Waals surface area contributed by atoms with Crippen LogP contribution in [0.2, 0.25) is 0 Å².